The Labute approximate surface area is 347 Å². The summed E-state index contributed by atoms with van der Waals surface area (Å²) in [6.07, 6.45) is 0. The molecule has 282 valence electrons. The topological polar surface area (TPSA) is 34.2 Å². The average molecular weight is 768 g/mol. The number of fused-ring (bicyclic) bond motifs is 8. The molecule has 0 radical (unpaired) electrons. The van der Waals surface area contributed by atoms with Crippen molar-refractivity contribution in [2.75, 3.05) is 4.90 Å². The molecule has 0 atom stereocenters. The zero-order chi connectivity index (χ0) is 39.6. The minimum Gasteiger partial charge on any atom is -0.456 e. The van der Waals surface area contributed by atoms with Crippen LogP contribution in [0.1, 0.15) is 22.5 Å². The third-order valence-electron chi connectivity index (χ3n) is 12.3. The van der Waals surface area contributed by atoms with Gasteiger partial charge in [-0.3, -0.25) is 4.57 Å². The van der Waals surface area contributed by atoms with Crippen LogP contribution in [0.25, 0.3) is 60.9 Å². The third-order valence-corrected chi connectivity index (χ3v) is 12.3. The number of para-hydroxylation sites is 4. The van der Waals surface area contributed by atoms with Gasteiger partial charge in [-0.2, -0.15) is 0 Å². The van der Waals surface area contributed by atoms with Gasteiger partial charge in [-0.25, -0.2) is 4.98 Å². The van der Waals surface area contributed by atoms with E-state index >= 15 is 0 Å². The summed E-state index contributed by atoms with van der Waals surface area (Å²) in [5, 5.41) is 2.25. The van der Waals surface area contributed by atoms with Crippen LogP contribution in [0.4, 0.5) is 17.1 Å². The Balaban J connectivity index is 1.11. The molecule has 0 fully saturated rings. The highest BCUT2D eigenvalue weighted by Gasteiger charge is 2.50. The lowest BCUT2D eigenvalue weighted by Gasteiger charge is -2.32. The van der Waals surface area contributed by atoms with Crippen LogP contribution in [0.5, 0.6) is 0 Å². The predicted molar refractivity (Wildman–Crippen MR) is 246 cm³/mol. The number of anilines is 3. The van der Waals surface area contributed by atoms with Crippen molar-refractivity contribution >= 4 is 50.0 Å². The van der Waals surface area contributed by atoms with Crippen LogP contribution in [0.3, 0.4) is 0 Å². The quantitative estimate of drug-likeness (QED) is 0.162. The number of hydrogen-bond donors (Lipinski definition) is 0. The summed E-state index contributed by atoms with van der Waals surface area (Å²) in [4.78, 5) is 7.94. The summed E-state index contributed by atoms with van der Waals surface area (Å²) >= 11 is 0. The number of aromatic nitrogens is 2. The molecule has 9 aromatic carbocycles. The fourth-order valence-corrected chi connectivity index (χ4v) is 9.65. The van der Waals surface area contributed by atoms with E-state index in [1.165, 1.54) is 27.8 Å². The summed E-state index contributed by atoms with van der Waals surface area (Å²) < 4.78 is 8.72. The fraction of sp³-hybridized carbons (Fsp3) is 0.0179. The fourth-order valence-electron chi connectivity index (χ4n) is 9.65. The lowest BCUT2D eigenvalue weighted by molar-refractivity contribution is 0.669. The highest BCUT2D eigenvalue weighted by molar-refractivity contribution is 6.12. The maximum Gasteiger partial charge on any atom is 0.136 e. The molecule has 0 saturated carbocycles. The summed E-state index contributed by atoms with van der Waals surface area (Å²) in [5.41, 5.74) is 15.6. The van der Waals surface area contributed by atoms with Crippen molar-refractivity contribution in [1.82, 2.24) is 9.55 Å². The van der Waals surface area contributed by atoms with Crippen LogP contribution < -0.4 is 4.90 Å². The maximum atomic E-state index is 6.29. The van der Waals surface area contributed by atoms with Crippen molar-refractivity contribution in [1.29, 1.82) is 0 Å². The van der Waals surface area contributed by atoms with Gasteiger partial charge in [0.2, 0.25) is 0 Å². The average Bonchev–Trinajstić information content (AvgIpc) is 3.99. The lowest BCUT2D eigenvalue weighted by Crippen LogP contribution is -2.29. The first-order valence-corrected chi connectivity index (χ1v) is 20.5. The predicted octanol–water partition coefficient (Wildman–Crippen LogP) is 14.4. The lowest BCUT2D eigenvalue weighted by atomic mass is 9.70. The summed E-state index contributed by atoms with van der Waals surface area (Å²) in [7, 11) is 0. The molecule has 0 aliphatic carbocycles. The molecule has 1 aliphatic heterocycles. The van der Waals surface area contributed by atoms with Crippen LogP contribution in [-0.2, 0) is 5.41 Å². The first kappa shape index (κ1) is 34.1. The van der Waals surface area contributed by atoms with Gasteiger partial charge in [0.25, 0.3) is 0 Å². The van der Waals surface area contributed by atoms with E-state index in [9.17, 15) is 0 Å². The second kappa shape index (κ2) is 13.6. The van der Waals surface area contributed by atoms with Gasteiger partial charge >= 0.3 is 0 Å². The van der Waals surface area contributed by atoms with E-state index in [-0.39, 0.29) is 0 Å². The molecule has 0 unspecified atom stereocenters. The van der Waals surface area contributed by atoms with E-state index < -0.39 is 5.41 Å². The Morgan fingerprint density at radius 3 is 1.73 bits per heavy atom. The SMILES string of the molecule is c1ccc(-c2ccc(N(c3ccc(-c4cccc5oc6ccccc6c45)cc3)c3cccc4c3-n3c(nc5ccccc53)C4(c3ccccc3)c3ccccc3)cc2)cc1. The molecule has 2 aromatic heterocycles. The van der Waals surface area contributed by atoms with E-state index in [2.05, 4.69) is 222 Å². The van der Waals surface area contributed by atoms with E-state index in [1.807, 2.05) is 12.1 Å². The van der Waals surface area contributed by atoms with Crippen molar-refractivity contribution in [3.05, 3.63) is 247 Å². The first-order valence-electron chi connectivity index (χ1n) is 20.5. The Bertz CT molecular complexity index is 3310. The van der Waals surface area contributed by atoms with Crippen molar-refractivity contribution in [3.63, 3.8) is 0 Å². The summed E-state index contributed by atoms with van der Waals surface area (Å²) in [6.45, 7) is 0. The first-order chi connectivity index (χ1) is 29.8. The molecule has 4 nitrogen and oxygen atoms in total. The van der Waals surface area contributed by atoms with Crippen LogP contribution >= 0.6 is 0 Å². The molecular weight excluding hydrogens is 731 g/mol. The second-order valence-electron chi connectivity index (χ2n) is 15.5. The molecular formula is C56H37N3O. The highest BCUT2D eigenvalue weighted by atomic mass is 16.3. The number of furan rings is 1. The molecule has 0 spiro atoms. The third kappa shape index (κ3) is 5.07. The van der Waals surface area contributed by atoms with Crippen molar-refractivity contribution in [2.45, 2.75) is 5.41 Å². The second-order valence-corrected chi connectivity index (χ2v) is 15.5. The van der Waals surface area contributed by atoms with Crippen LogP contribution in [0, 0.1) is 0 Å². The Hall–Kier alpha value is -7.95. The maximum absolute atomic E-state index is 6.29. The summed E-state index contributed by atoms with van der Waals surface area (Å²) in [5.74, 6) is 0.985. The molecule has 11 aromatic rings. The van der Waals surface area contributed by atoms with Gasteiger partial charge in [0.1, 0.15) is 22.4 Å². The largest absolute Gasteiger partial charge is 0.456 e. The Morgan fingerprint density at radius 2 is 1.02 bits per heavy atom. The molecule has 1 aliphatic rings. The molecule has 0 saturated heterocycles. The van der Waals surface area contributed by atoms with Crippen molar-refractivity contribution < 1.29 is 4.42 Å². The van der Waals surface area contributed by atoms with Crippen LogP contribution in [-0.4, -0.2) is 9.55 Å². The van der Waals surface area contributed by atoms with Gasteiger partial charge in [-0.05, 0) is 88.0 Å². The molecule has 4 heteroatoms. The van der Waals surface area contributed by atoms with Gasteiger partial charge in [-0.1, -0.05) is 170 Å². The minimum absolute atomic E-state index is 0.675. The Kier molecular flexibility index (Phi) is 7.72. The molecule has 0 N–H and O–H groups in total. The summed E-state index contributed by atoms with van der Waals surface area (Å²) in [6, 6.07) is 80.3. The van der Waals surface area contributed by atoms with Gasteiger partial charge in [-0.15, -0.1) is 0 Å². The van der Waals surface area contributed by atoms with E-state index in [0.29, 0.717) is 0 Å². The molecule has 3 heterocycles. The van der Waals surface area contributed by atoms with Gasteiger partial charge < -0.3 is 9.32 Å². The smallest absolute Gasteiger partial charge is 0.136 e. The number of benzene rings is 9. The van der Waals surface area contributed by atoms with Crippen molar-refractivity contribution in [2.24, 2.45) is 0 Å². The van der Waals surface area contributed by atoms with Gasteiger partial charge in [0, 0.05) is 27.7 Å². The monoisotopic (exact) mass is 767 g/mol. The molecule has 0 bridgehead atoms. The number of hydrogen-bond acceptors (Lipinski definition) is 3. The standard InChI is InChI=1S/C56H37N3O/c1-4-16-38(17-5-1)39-30-34-43(35-31-39)58(44-36-32-40(33-37-44)45-23-14-29-52-53(45)46-22-10-13-28-51(46)60-52)50-27-15-24-47-54(50)59-49-26-12-11-25-48(49)57-55(59)56(47,41-18-6-2-7-19-41)42-20-8-3-9-21-42/h1-37H. The van der Waals surface area contributed by atoms with E-state index in [1.54, 1.807) is 0 Å². The molecule has 12 rings (SSSR count). The zero-order valence-electron chi connectivity index (χ0n) is 32.6. The van der Waals surface area contributed by atoms with Gasteiger partial charge in [0.15, 0.2) is 0 Å². The van der Waals surface area contributed by atoms with Gasteiger partial charge in [0.05, 0.1) is 22.4 Å². The number of rotatable bonds is 7. The minimum atomic E-state index is -0.675. The zero-order valence-corrected chi connectivity index (χ0v) is 32.6. The normalized spacial score (nSPS) is 12.8. The van der Waals surface area contributed by atoms with Crippen LogP contribution in [0.2, 0.25) is 0 Å². The number of imidazole rings is 1. The highest BCUT2D eigenvalue weighted by Crippen LogP contribution is 2.56. The van der Waals surface area contributed by atoms with Crippen LogP contribution in [0.15, 0.2) is 229 Å². The van der Waals surface area contributed by atoms with Crippen molar-refractivity contribution in [3.8, 4) is 27.9 Å². The van der Waals surface area contributed by atoms with E-state index in [0.717, 1.165) is 72.7 Å². The van der Waals surface area contributed by atoms with E-state index in [4.69, 9.17) is 9.40 Å². The number of nitrogens with zero attached hydrogens (tertiary/aromatic N) is 3. The molecule has 60 heavy (non-hydrogen) atoms. The molecule has 0 amide bonds. The Morgan fingerprint density at radius 1 is 0.450 bits per heavy atom.